The van der Waals surface area contributed by atoms with Crippen molar-refractivity contribution in [3.05, 3.63) is 34.8 Å². The average molecular weight is 327 g/mol. The Morgan fingerprint density at radius 2 is 2.04 bits per heavy atom. The lowest BCUT2D eigenvalue weighted by Gasteiger charge is -2.20. The molecule has 1 aliphatic rings. The summed E-state index contributed by atoms with van der Waals surface area (Å²) in [6, 6.07) is 3.72. The van der Waals surface area contributed by atoms with Crippen molar-refractivity contribution in [2.75, 3.05) is 5.32 Å². The number of hydrogen-bond donors (Lipinski definition) is 2. The Hall–Kier alpha value is -2.24. The van der Waals surface area contributed by atoms with Crippen LogP contribution in [0.3, 0.4) is 0 Å². The second-order valence-corrected chi connectivity index (χ2v) is 6.64. The summed E-state index contributed by atoms with van der Waals surface area (Å²) in [5.41, 5.74) is 3.10. The topological polar surface area (TPSA) is 83.6 Å². The van der Waals surface area contributed by atoms with Crippen molar-refractivity contribution in [1.29, 1.82) is 0 Å². The Balaban J connectivity index is 1.66. The van der Waals surface area contributed by atoms with Crippen LogP contribution in [0.5, 0.6) is 0 Å². The molecule has 1 fully saturated rings. The Kier molecular flexibility index (Phi) is 5.23. The van der Waals surface area contributed by atoms with E-state index in [1.54, 1.807) is 6.07 Å². The van der Waals surface area contributed by atoms with Gasteiger partial charge in [-0.1, -0.05) is 39.0 Å². The number of carbonyl (C=O) groups is 1. The monoisotopic (exact) mass is 327 g/mol. The molecule has 0 unspecified atom stereocenters. The maximum Gasteiger partial charge on any atom is 0.258 e. The van der Waals surface area contributed by atoms with E-state index in [-0.39, 0.29) is 5.91 Å². The van der Waals surface area contributed by atoms with E-state index in [2.05, 4.69) is 25.7 Å². The number of H-pyrrole nitrogens is 1. The summed E-state index contributed by atoms with van der Waals surface area (Å²) in [5, 5.41) is 18.3. The van der Waals surface area contributed by atoms with E-state index in [0.29, 0.717) is 23.5 Å². The van der Waals surface area contributed by atoms with Crippen LogP contribution in [0.1, 0.15) is 66.5 Å². The van der Waals surface area contributed by atoms with Crippen molar-refractivity contribution >= 4 is 11.7 Å². The highest BCUT2D eigenvalue weighted by atomic mass is 16.1. The Bertz CT molecular complexity index is 703. The average Bonchev–Trinajstić information content (AvgIpc) is 3.02. The molecule has 1 saturated carbocycles. The zero-order valence-electron chi connectivity index (χ0n) is 14.4. The Labute approximate surface area is 142 Å². The van der Waals surface area contributed by atoms with E-state index >= 15 is 0 Å². The fraction of sp³-hybridized carbons (Fsp3) is 0.556. The van der Waals surface area contributed by atoms with Gasteiger partial charge < -0.3 is 5.32 Å². The molecule has 0 spiro atoms. The predicted molar refractivity (Wildman–Crippen MR) is 93.0 cm³/mol. The molecule has 24 heavy (non-hydrogen) atoms. The lowest BCUT2D eigenvalue weighted by Crippen LogP contribution is -2.16. The predicted octanol–water partition coefficient (Wildman–Crippen LogP) is 3.45. The largest absolute Gasteiger partial charge is 0.305 e. The molecule has 6 heteroatoms. The van der Waals surface area contributed by atoms with Crippen LogP contribution < -0.4 is 5.32 Å². The fourth-order valence-electron chi connectivity index (χ4n) is 3.39. The molecule has 3 rings (SSSR count). The molecule has 6 nitrogen and oxygen atoms in total. The highest BCUT2D eigenvalue weighted by molar-refractivity contribution is 6.04. The SMILES string of the molecule is CCc1nnc(C)cc1C(=O)Nc1cc(CC2CCCCC2)[nH]n1. The standard InChI is InChI=1S/C18H25N5O/c1-3-16-15(9-12(2)20-22-16)18(24)19-17-11-14(21-23-17)10-13-7-5-4-6-8-13/h9,11,13H,3-8,10H2,1-2H3,(H2,19,21,23,24). The summed E-state index contributed by atoms with van der Waals surface area (Å²) < 4.78 is 0. The molecule has 2 N–H and O–H groups in total. The minimum absolute atomic E-state index is 0.180. The van der Waals surface area contributed by atoms with Crippen LogP contribution in [-0.4, -0.2) is 26.3 Å². The van der Waals surface area contributed by atoms with E-state index in [4.69, 9.17) is 0 Å². The molecule has 2 aromatic rings. The molecule has 0 bridgehead atoms. The number of hydrogen-bond acceptors (Lipinski definition) is 4. The van der Waals surface area contributed by atoms with E-state index in [1.165, 1.54) is 32.1 Å². The second kappa shape index (κ2) is 7.55. The highest BCUT2D eigenvalue weighted by Crippen LogP contribution is 2.26. The minimum Gasteiger partial charge on any atom is -0.305 e. The molecular weight excluding hydrogens is 302 g/mol. The summed E-state index contributed by atoms with van der Waals surface area (Å²) in [5.74, 6) is 1.13. The number of aromatic nitrogens is 4. The summed E-state index contributed by atoms with van der Waals surface area (Å²) in [6.45, 7) is 3.80. The number of carbonyl (C=O) groups excluding carboxylic acids is 1. The third-order valence-corrected chi connectivity index (χ3v) is 4.68. The van der Waals surface area contributed by atoms with Crippen molar-refractivity contribution in [3.8, 4) is 0 Å². The molecule has 0 radical (unpaired) electrons. The highest BCUT2D eigenvalue weighted by Gasteiger charge is 2.17. The van der Waals surface area contributed by atoms with Crippen molar-refractivity contribution in [2.45, 2.75) is 58.8 Å². The van der Waals surface area contributed by atoms with Gasteiger partial charge in [-0.25, -0.2) is 0 Å². The Morgan fingerprint density at radius 1 is 1.25 bits per heavy atom. The fourth-order valence-corrected chi connectivity index (χ4v) is 3.39. The first-order valence-electron chi connectivity index (χ1n) is 8.84. The third-order valence-electron chi connectivity index (χ3n) is 4.68. The first-order valence-corrected chi connectivity index (χ1v) is 8.84. The van der Waals surface area contributed by atoms with Crippen LogP contribution in [0, 0.1) is 12.8 Å². The molecular formula is C18H25N5O. The molecule has 0 aliphatic heterocycles. The van der Waals surface area contributed by atoms with Crippen molar-refractivity contribution in [2.24, 2.45) is 5.92 Å². The van der Waals surface area contributed by atoms with E-state index in [9.17, 15) is 4.79 Å². The Morgan fingerprint density at radius 3 is 2.79 bits per heavy atom. The van der Waals surface area contributed by atoms with Gasteiger partial charge in [0.2, 0.25) is 0 Å². The van der Waals surface area contributed by atoms with Crippen molar-refractivity contribution in [1.82, 2.24) is 20.4 Å². The summed E-state index contributed by atoms with van der Waals surface area (Å²) >= 11 is 0. The number of anilines is 1. The molecule has 0 atom stereocenters. The second-order valence-electron chi connectivity index (χ2n) is 6.64. The lowest BCUT2D eigenvalue weighted by atomic mass is 9.86. The molecule has 1 aliphatic carbocycles. The molecule has 0 aromatic carbocycles. The van der Waals surface area contributed by atoms with Crippen molar-refractivity contribution < 1.29 is 4.79 Å². The molecule has 0 saturated heterocycles. The van der Waals surface area contributed by atoms with Crippen LogP contribution in [0.15, 0.2) is 12.1 Å². The maximum atomic E-state index is 12.5. The van der Waals surface area contributed by atoms with Crippen LogP contribution in [0.25, 0.3) is 0 Å². The van der Waals surface area contributed by atoms with Gasteiger partial charge in [0.05, 0.1) is 17.0 Å². The van der Waals surface area contributed by atoms with Gasteiger partial charge in [-0.05, 0) is 31.7 Å². The van der Waals surface area contributed by atoms with Crippen LogP contribution >= 0.6 is 0 Å². The number of aromatic amines is 1. The minimum atomic E-state index is -0.180. The van der Waals surface area contributed by atoms with E-state index in [0.717, 1.165) is 23.7 Å². The molecule has 1 amide bonds. The number of aryl methyl sites for hydroxylation is 2. The first-order chi connectivity index (χ1) is 11.7. The van der Waals surface area contributed by atoms with Crippen molar-refractivity contribution in [3.63, 3.8) is 0 Å². The molecule has 2 aromatic heterocycles. The summed E-state index contributed by atoms with van der Waals surface area (Å²) in [4.78, 5) is 12.5. The van der Waals surface area contributed by atoms with Gasteiger partial charge in [-0.2, -0.15) is 15.3 Å². The zero-order valence-corrected chi connectivity index (χ0v) is 14.4. The van der Waals surface area contributed by atoms with Gasteiger partial charge >= 0.3 is 0 Å². The van der Waals surface area contributed by atoms with Gasteiger partial charge in [-0.15, -0.1) is 0 Å². The number of nitrogens with one attached hydrogen (secondary N) is 2. The van der Waals surface area contributed by atoms with E-state index in [1.807, 2.05) is 19.9 Å². The molecule has 128 valence electrons. The smallest absolute Gasteiger partial charge is 0.258 e. The van der Waals surface area contributed by atoms with Gasteiger partial charge in [0.25, 0.3) is 5.91 Å². The quantitative estimate of drug-likeness (QED) is 0.881. The van der Waals surface area contributed by atoms with Crippen LogP contribution in [-0.2, 0) is 12.8 Å². The summed E-state index contributed by atoms with van der Waals surface area (Å²) in [7, 11) is 0. The first kappa shape index (κ1) is 16.6. The normalized spacial score (nSPS) is 15.4. The third kappa shape index (κ3) is 3.99. The van der Waals surface area contributed by atoms with Gasteiger partial charge in [0.15, 0.2) is 5.82 Å². The summed E-state index contributed by atoms with van der Waals surface area (Å²) in [6.07, 6.45) is 8.29. The number of amides is 1. The zero-order chi connectivity index (χ0) is 16.9. The number of nitrogens with zero attached hydrogens (tertiary/aromatic N) is 3. The van der Waals surface area contributed by atoms with Gasteiger partial charge in [0.1, 0.15) is 0 Å². The lowest BCUT2D eigenvalue weighted by molar-refractivity contribution is 0.102. The van der Waals surface area contributed by atoms with E-state index < -0.39 is 0 Å². The van der Waals surface area contributed by atoms with Gasteiger partial charge in [0, 0.05) is 11.8 Å². The number of rotatable bonds is 5. The maximum absolute atomic E-state index is 12.5. The van der Waals surface area contributed by atoms with Crippen LogP contribution in [0.2, 0.25) is 0 Å². The van der Waals surface area contributed by atoms with Crippen LogP contribution in [0.4, 0.5) is 5.82 Å². The van der Waals surface area contributed by atoms with Gasteiger partial charge in [-0.3, -0.25) is 9.89 Å². The molecule has 2 heterocycles.